The summed E-state index contributed by atoms with van der Waals surface area (Å²) in [6.07, 6.45) is 5.17. The number of amides is 2. The minimum absolute atomic E-state index is 0. The number of carbonyl (C=O) groups is 2. The Kier molecular flexibility index (Phi) is 13.3. The van der Waals surface area contributed by atoms with E-state index in [4.69, 9.17) is 4.74 Å². The highest BCUT2D eigenvalue weighted by molar-refractivity contribution is 14.0. The summed E-state index contributed by atoms with van der Waals surface area (Å²) in [5.74, 6) is 0.729. The molecule has 2 saturated heterocycles. The SMILES string of the molecule is CCCNC(=O)CN1CCC(NC(=NCC(=O)N(C)C)NCC2CCCO2)CC1.I. The van der Waals surface area contributed by atoms with Gasteiger partial charge >= 0.3 is 0 Å². The second-order valence-electron chi connectivity index (χ2n) is 8.01. The Balaban J connectivity index is 0.00000450. The predicted molar refractivity (Wildman–Crippen MR) is 129 cm³/mol. The van der Waals surface area contributed by atoms with E-state index in [9.17, 15) is 9.59 Å². The summed E-state index contributed by atoms with van der Waals surface area (Å²) in [5.41, 5.74) is 0. The zero-order valence-corrected chi connectivity index (χ0v) is 20.9. The van der Waals surface area contributed by atoms with Crippen molar-refractivity contribution in [3.63, 3.8) is 0 Å². The van der Waals surface area contributed by atoms with E-state index in [1.165, 1.54) is 0 Å². The fourth-order valence-electron chi connectivity index (χ4n) is 3.41. The number of hydrogen-bond donors (Lipinski definition) is 3. The van der Waals surface area contributed by atoms with Crippen LogP contribution in [0.5, 0.6) is 0 Å². The van der Waals surface area contributed by atoms with Gasteiger partial charge in [0.15, 0.2) is 5.96 Å². The molecule has 2 amide bonds. The summed E-state index contributed by atoms with van der Waals surface area (Å²) >= 11 is 0. The number of rotatable bonds is 9. The maximum Gasteiger partial charge on any atom is 0.243 e. The molecule has 0 aromatic carbocycles. The summed E-state index contributed by atoms with van der Waals surface area (Å²) in [6, 6.07) is 0.273. The summed E-state index contributed by atoms with van der Waals surface area (Å²) in [5, 5.41) is 9.73. The van der Waals surface area contributed by atoms with Crippen LogP contribution >= 0.6 is 24.0 Å². The van der Waals surface area contributed by atoms with Gasteiger partial charge in [0.2, 0.25) is 11.8 Å². The van der Waals surface area contributed by atoms with E-state index >= 15 is 0 Å². The second kappa shape index (κ2) is 14.8. The van der Waals surface area contributed by atoms with Crippen molar-refractivity contribution in [2.75, 3.05) is 60.0 Å². The number of likely N-dealkylation sites (tertiary alicyclic amines) is 1. The average Bonchev–Trinajstić information content (AvgIpc) is 3.23. The third-order valence-electron chi connectivity index (χ3n) is 5.26. The summed E-state index contributed by atoms with van der Waals surface area (Å²) in [7, 11) is 3.47. The molecule has 0 spiro atoms. The van der Waals surface area contributed by atoms with Crippen molar-refractivity contribution in [3.8, 4) is 0 Å². The van der Waals surface area contributed by atoms with Gasteiger partial charge in [0.05, 0.1) is 12.6 Å². The van der Waals surface area contributed by atoms with Crippen LogP contribution in [0, 0.1) is 0 Å². The Labute approximate surface area is 197 Å². The van der Waals surface area contributed by atoms with Gasteiger partial charge < -0.3 is 25.6 Å². The van der Waals surface area contributed by atoms with Crippen molar-refractivity contribution in [2.45, 2.75) is 51.2 Å². The van der Waals surface area contributed by atoms with E-state index < -0.39 is 0 Å². The Hall–Kier alpha value is -1.14. The standard InChI is InChI=1S/C20H38N6O3.HI/c1-4-9-21-18(27)15-26-10-7-16(8-11-26)24-20(23-14-19(28)25(2)3)22-13-17-6-5-12-29-17;/h16-17H,4-15H2,1-3H3,(H,21,27)(H2,22,23,24);1H. The maximum atomic E-state index is 11.9. The van der Waals surface area contributed by atoms with E-state index in [2.05, 4.69) is 32.8 Å². The average molecular weight is 538 g/mol. The lowest BCUT2D eigenvalue weighted by molar-refractivity contribution is -0.127. The molecule has 174 valence electrons. The molecule has 0 aliphatic carbocycles. The van der Waals surface area contributed by atoms with Crippen molar-refractivity contribution in [3.05, 3.63) is 0 Å². The van der Waals surface area contributed by atoms with Gasteiger partial charge in [0, 0.05) is 52.9 Å². The monoisotopic (exact) mass is 538 g/mol. The highest BCUT2D eigenvalue weighted by Gasteiger charge is 2.22. The number of carbonyl (C=O) groups excluding carboxylic acids is 2. The number of nitrogens with one attached hydrogen (secondary N) is 3. The van der Waals surface area contributed by atoms with Gasteiger partial charge in [0.1, 0.15) is 6.54 Å². The molecule has 30 heavy (non-hydrogen) atoms. The first-order valence-corrected chi connectivity index (χ1v) is 10.8. The molecule has 2 aliphatic heterocycles. The van der Waals surface area contributed by atoms with Crippen LogP contribution in [-0.4, -0.2) is 99.7 Å². The minimum Gasteiger partial charge on any atom is -0.376 e. The third kappa shape index (κ3) is 10.3. The van der Waals surface area contributed by atoms with Crippen molar-refractivity contribution in [2.24, 2.45) is 4.99 Å². The first-order valence-electron chi connectivity index (χ1n) is 10.8. The highest BCUT2D eigenvalue weighted by atomic mass is 127. The first-order chi connectivity index (χ1) is 14.0. The molecule has 0 bridgehead atoms. The van der Waals surface area contributed by atoms with Crippen LogP contribution < -0.4 is 16.0 Å². The number of piperidine rings is 1. The van der Waals surface area contributed by atoms with E-state index in [0.717, 1.165) is 58.3 Å². The molecule has 0 aromatic heterocycles. The van der Waals surface area contributed by atoms with Gasteiger partial charge in [-0.15, -0.1) is 24.0 Å². The number of ether oxygens (including phenoxy) is 1. The summed E-state index contributed by atoms with van der Waals surface area (Å²) in [6.45, 7) is 6.61. The van der Waals surface area contributed by atoms with Gasteiger partial charge in [-0.2, -0.15) is 0 Å². The second-order valence-corrected chi connectivity index (χ2v) is 8.01. The third-order valence-corrected chi connectivity index (χ3v) is 5.26. The predicted octanol–water partition coefficient (Wildman–Crippen LogP) is 0.397. The lowest BCUT2D eigenvalue weighted by atomic mass is 10.1. The molecule has 2 heterocycles. The largest absolute Gasteiger partial charge is 0.376 e. The van der Waals surface area contributed by atoms with Crippen LogP contribution in [-0.2, 0) is 14.3 Å². The van der Waals surface area contributed by atoms with Crippen molar-refractivity contribution in [1.82, 2.24) is 25.8 Å². The Morgan fingerprint density at radius 1 is 1.17 bits per heavy atom. The molecule has 9 nitrogen and oxygen atoms in total. The molecule has 0 aromatic rings. The van der Waals surface area contributed by atoms with Crippen LogP contribution in [0.15, 0.2) is 4.99 Å². The van der Waals surface area contributed by atoms with E-state index in [1.54, 1.807) is 19.0 Å². The van der Waals surface area contributed by atoms with Crippen molar-refractivity contribution < 1.29 is 14.3 Å². The number of guanidine groups is 1. The lowest BCUT2D eigenvalue weighted by Crippen LogP contribution is -2.51. The minimum atomic E-state index is -0.0314. The number of aliphatic imine (C=N–C) groups is 1. The van der Waals surface area contributed by atoms with Crippen LogP contribution in [0.1, 0.15) is 39.0 Å². The molecule has 2 aliphatic rings. The molecule has 3 N–H and O–H groups in total. The van der Waals surface area contributed by atoms with Gasteiger partial charge in [0.25, 0.3) is 0 Å². The van der Waals surface area contributed by atoms with Crippen LogP contribution in [0.25, 0.3) is 0 Å². The van der Waals surface area contributed by atoms with E-state index in [-0.39, 0.29) is 54.5 Å². The zero-order valence-electron chi connectivity index (χ0n) is 18.6. The quantitative estimate of drug-likeness (QED) is 0.224. The highest BCUT2D eigenvalue weighted by Crippen LogP contribution is 2.12. The fourth-order valence-corrected chi connectivity index (χ4v) is 3.41. The number of nitrogens with zero attached hydrogens (tertiary/aromatic N) is 3. The first kappa shape index (κ1) is 26.9. The molecule has 2 fully saturated rings. The molecule has 1 unspecified atom stereocenters. The smallest absolute Gasteiger partial charge is 0.243 e. The van der Waals surface area contributed by atoms with Gasteiger partial charge in [-0.25, -0.2) is 4.99 Å². The van der Waals surface area contributed by atoms with E-state index in [0.29, 0.717) is 19.0 Å². The maximum absolute atomic E-state index is 11.9. The fraction of sp³-hybridized carbons (Fsp3) is 0.850. The van der Waals surface area contributed by atoms with Crippen molar-refractivity contribution >= 4 is 41.8 Å². The number of hydrogen-bond acceptors (Lipinski definition) is 5. The topological polar surface area (TPSA) is 98.3 Å². The van der Waals surface area contributed by atoms with E-state index in [1.807, 2.05) is 0 Å². The van der Waals surface area contributed by atoms with Crippen LogP contribution in [0.4, 0.5) is 0 Å². The van der Waals surface area contributed by atoms with Gasteiger partial charge in [-0.05, 0) is 32.1 Å². The van der Waals surface area contributed by atoms with Crippen LogP contribution in [0.3, 0.4) is 0 Å². The molecule has 2 rings (SSSR count). The van der Waals surface area contributed by atoms with Crippen LogP contribution in [0.2, 0.25) is 0 Å². The molecular formula is C20H39IN6O3. The summed E-state index contributed by atoms with van der Waals surface area (Å²) in [4.78, 5) is 32.0. The normalized spacial score (nSPS) is 20.4. The Bertz CT molecular complexity index is 547. The summed E-state index contributed by atoms with van der Waals surface area (Å²) < 4.78 is 5.67. The zero-order chi connectivity index (χ0) is 21.1. The van der Waals surface area contributed by atoms with Gasteiger partial charge in [-0.1, -0.05) is 6.92 Å². The Morgan fingerprint density at radius 3 is 2.50 bits per heavy atom. The lowest BCUT2D eigenvalue weighted by Gasteiger charge is -2.32. The Morgan fingerprint density at radius 2 is 1.90 bits per heavy atom. The van der Waals surface area contributed by atoms with Crippen molar-refractivity contribution in [1.29, 1.82) is 0 Å². The number of likely N-dealkylation sites (N-methyl/N-ethyl adjacent to an activating group) is 1. The molecule has 1 atom stereocenters. The number of halogens is 1. The molecule has 0 radical (unpaired) electrons. The molecule has 10 heteroatoms. The van der Waals surface area contributed by atoms with Gasteiger partial charge in [-0.3, -0.25) is 14.5 Å². The molecule has 0 saturated carbocycles. The molecular weight excluding hydrogens is 499 g/mol.